The SMILES string of the molecule is COc1cc(NC(=O)CSc2ncnc3c2cnn3C)cc(OC)c1OC. The second-order valence-electron chi connectivity index (χ2n) is 5.44. The number of nitrogens with one attached hydrogen (secondary N) is 1. The molecule has 0 radical (unpaired) electrons. The summed E-state index contributed by atoms with van der Waals surface area (Å²) in [5.41, 5.74) is 1.27. The Bertz CT molecular complexity index is 950. The first kappa shape index (κ1) is 18.8. The lowest BCUT2D eigenvalue weighted by Gasteiger charge is -2.14. The summed E-state index contributed by atoms with van der Waals surface area (Å²) in [6.07, 6.45) is 3.15. The highest BCUT2D eigenvalue weighted by molar-refractivity contribution is 8.00. The van der Waals surface area contributed by atoms with Crippen LogP contribution in [-0.4, -0.2) is 52.7 Å². The van der Waals surface area contributed by atoms with Crippen LogP contribution in [0.15, 0.2) is 29.7 Å². The fraction of sp³-hybridized carbons (Fsp3) is 0.294. The van der Waals surface area contributed by atoms with Crippen molar-refractivity contribution < 1.29 is 19.0 Å². The zero-order chi connectivity index (χ0) is 19.4. The summed E-state index contributed by atoms with van der Waals surface area (Å²) in [5, 5.41) is 8.51. The van der Waals surface area contributed by atoms with Crippen molar-refractivity contribution in [2.75, 3.05) is 32.4 Å². The maximum Gasteiger partial charge on any atom is 0.234 e. The van der Waals surface area contributed by atoms with Crippen LogP contribution in [-0.2, 0) is 11.8 Å². The van der Waals surface area contributed by atoms with Gasteiger partial charge in [-0.25, -0.2) is 9.97 Å². The molecule has 1 amide bonds. The molecule has 2 aromatic heterocycles. The number of thioether (sulfide) groups is 1. The van der Waals surface area contributed by atoms with Crippen molar-refractivity contribution in [3.63, 3.8) is 0 Å². The quantitative estimate of drug-likeness (QED) is 0.484. The maximum absolute atomic E-state index is 12.4. The monoisotopic (exact) mass is 389 g/mol. The topological polar surface area (TPSA) is 100 Å². The van der Waals surface area contributed by atoms with Gasteiger partial charge in [-0.2, -0.15) is 5.10 Å². The smallest absolute Gasteiger partial charge is 0.234 e. The number of nitrogens with zero attached hydrogens (tertiary/aromatic N) is 4. The van der Waals surface area contributed by atoms with E-state index in [4.69, 9.17) is 14.2 Å². The van der Waals surface area contributed by atoms with E-state index >= 15 is 0 Å². The molecular formula is C17H19N5O4S. The van der Waals surface area contributed by atoms with Crippen LogP contribution >= 0.6 is 11.8 Å². The lowest BCUT2D eigenvalue weighted by atomic mass is 10.2. The summed E-state index contributed by atoms with van der Waals surface area (Å²) in [7, 11) is 6.37. The van der Waals surface area contributed by atoms with Crippen molar-refractivity contribution in [3.8, 4) is 17.2 Å². The Hall–Kier alpha value is -3.01. The molecule has 1 aromatic carbocycles. The molecule has 142 valence electrons. The van der Waals surface area contributed by atoms with Gasteiger partial charge in [-0.3, -0.25) is 9.48 Å². The summed E-state index contributed by atoms with van der Waals surface area (Å²) in [5.74, 6) is 1.38. The second kappa shape index (κ2) is 8.12. The van der Waals surface area contributed by atoms with E-state index in [2.05, 4.69) is 20.4 Å². The molecular weight excluding hydrogens is 370 g/mol. The highest BCUT2D eigenvalue weighted by Gasteiger charge is 2.15. The summed E-state index contributed by atoms with van der Waals surface area (Å²) in [4.78, 5) is 20.8. The number of amides is 1. The third-order valence-electron chi connectivity index (χ3n) is 3.78. The van der Waals surface area contributed by atoms with Crippen LogP contribution in [0.2, 0.25) is 0 Å². The van der Waals surface area contributed by atoms with Gasteiger partial charge in [-0.1, -0.05) is 11.8 Å². The van der Waals surface area contributed by atoms with Gasteiger partial charge in [0, 0.05) is 24.9 Å². The highest BCUT2D eigenvalue weighted by atomic mass is 32.2. The minimum Gasteiger partial charge on any atom is -0.493 e. The molecule has 0 fully saturated rings. The number of carbonyl (C=O) groups is 1. The van der Waals surface area contributed by atoms with Crippen LogP contribution in [0.1, 0.15) is 0 Å². The molecule has 10 heteroatoms. The van der Waals surface area contributed by atoms with Crippen LogP contribution < -0.4 is 19.5 Å². The molecule has 0 unspecified atom stereocenters. The Kier molecular flexibility index (Phi) is 5.65. The van der Waals surface area contributed by atoms with Gasteiger partial charge >= 0.3 is 0 Å². The number of aryl methyl sites for hydroxylation is 1. The first-order chi connectivity index (χ1) is 13.1. The number of hydrogen-bond acceptors (Lipinski definition) is 8. The fourth-order valence-corrected chi connectivity index (χ4v) is 3.30. The number of fused-ring (bicyclic) bond motifs is 1. The molecule has 9 nitrogen and oxygen atoms in total. The van der Waals surface area contributed by atoms with E-state index in [0.717, 1.165) is 11.0 Å². The maximum atomic E-state index is 12.4. The van der Waals surface area contributed by atoms with Gasteiger partial charge in [0.1, 0.15) is 11.4 Å². The normalized spacial score (nSPS) is 10.7. The summed E-state index contributed by atoms with van der Waals surface area (Å²) in [6, 6.07) is 3.35. The zero-order valence-electron chi connectivity index (χ0n) is 15.3. The first-order valence-corrected chi connectivity index (χ1v) is 8.91. The number of rotatable bonds is 7. The molecule has 0 bridgehead atoms. The van der Waals surface area contributed by atoms with Gasteiger partial charge < -0.3 is 19.5 Å². The van der Waals surface area contributed by atoms with Gasteiger partial charge in [-0.15, -0.1) is 0 Å². The molecule has 0 aliphatic heterocycles. The third kappa shape index (κ3) is 3.90. The first-order valence-electron chi connectivity index (χ1n) is 7.92. The number of ether oxygens (including phenoxy) is 3. The Morgan fingerprint density at radius 1 is 1.15 bits per heavy atom. The van der Waals surface area contributed by atoms with Crippen LogP contribution in [0, 0.1) is 0 Å². The highest BCUT2D eigenvalue weighted by Crippen LogP contribution is 2.40. The van der Waals surface area contributed by atoms with E-state index in [9.17, 15) is 4.79 Å². The third-order valence-corrected chi connectivity index (χ3v) is 4.79. The van der Waals surface area contributed by atoms with Crippen LogP contribution in [0.4, 0.5) is 5.69 Å². The van der Waals surface area contributed by atoms with Crippen molar-refractivity contribution in [2.24, 2.45) is 7.05 Å². The molecule has 3 aromatic rings. The second-order valence-corrected chi connectivity index (χ2v) is 6.40. The van der Waals surface area contributed by atoms with Crippen molar-refractivity contribution in [1.82, 2.24) is 19.7 Å². The predicted octanol–water partition coefficient (Wildman–Crippen LogP) is 2.12. The minimum atomic E-state index is -0.190. The van der Waals surface area contributed by atoms with Gasteiger partial charge in [-0.05, 0) is 0 Å². The Labute approximate surface area is 160 Å². The predicted molar refractivity (Wildman–Crippen MR) is 102 cm³/mol. The molecule has 27 heavy (non-hydrogen) atoms. The molecule has 0 aliphatic rings. The fourth-order valence-electron chi connectivity index (χ4n) is 2.54. The molecule has 0 spiro atoms. The Morgan fingerprint density at radius 3 is 2.48 bits per heavy atom. The summed E-state index contributed by atoms with van der Waals surface area (Å²) < 4.78 is 17.5. The Morgan fingerprint density at radius 2 is 1.85 bits per heavy atom. The number of benzene rings is 1. The van der Waals surface area contributed by atoms with Crippen LogP contribution in [0.25, 0.3) is 11.0 Å². The summed E-state index contributed by atoms with van der Waals surface area (Å²) >= 11 is 1.31. The Balaban J connectivity index is 1.72. The van der Waals surface area contributed by atoms with Crippen molar-refractivity contribution in [3.05, 3.63) is 24.7 Å². The minimum absolute atomic E-state index is 0.178. The van der Waals surface area contributed by atoms with Crippen molar-refractivity contribution in [2.45, 2.75) is 5.03 Å². The average molecular weight is 389 g/mol. The summed E-state index contributed by atoms with van der Waals surface area (Å²) in [6.45, 7) is 0. The van der Waals surface area contributed by atoms with Gasteiger partial charge in [0.2, 0.25) is 11.7 Å². The zero-order valence-corrected chi connectivity index (χ0v) is 16.2. The standard InChI is InChI=1S/C17H19N5O4S/c1-22-16-11(7-20-22)17(19-9-18-16)27-8-14(23)21-10-5-12(24-2)15(26-4)13(6-10)25-3/h5-7,9H,8H2,1-4H3,(H,21,23). The largest absolute Gasteiger partial charge is 0.493 e. The van der Waals surface area contributed by atoms with E-state index in [1.54, 1.807) is 30.1 Å². The van der Waals surface area contributed by atoms with Crippen LogP contribution in [0.3, 0.4) is 0 Å². The molecule has 2 heterocycles. The average Bonchev–Trinajstić information content (AvgIpc) is 3.07. The lowest BCUT2D eigenvalue weighted by molar-refractivity contribution is -0.113. The van der Waals surface area contributed by atoms with E-state index in [0.29, 0.717) is 28.0 Å². The lowest BCUT2D eigenvalue weighted by Crippen LogP contribution is -2.14. The van der Waals surface area contributed by atoms with E-state index in [-0.39, 0.29) is 11.7 Å². The molecule has 0 atom stereocenters. The molecule has 3 rings (SSSR count). The number of methoxy groups -OCH3 is 3. The van der Waals surface area contributed by atoms with Crippen LogP contribution in [0.5, 0.6) is 17.2 Å². The molecule has 0 aliphatic carbocycles. The number of aromatic nitrogens is 4. The van der Waals surface area contributed by atoms with Crippen molar-refractivity contribution >= 4 is 34.4 Å². The molecule has 0 saturated heterocycles. The molecule has 0 saturated carbocycles. The number of anilines is 1. The van der Waals surface area contributed by atoms with Gasteiger partial charge in [0.05, 0.1) is 38.7 Å². The number of carbonyl (C=O) groups excluding carboxylic acids is 1. The number of hydrogen-bond donors (Lipinski definition) is 1. The van der Waals surface area contributed by atoms with Gasteiger partial charge in [0.15, 0.2) is 17.1 Å². The van der Waals surface area contributed by atoms with E-state index in [1.165, 1.54) is 39.4 Å². The van der Waals surface area contributed by atoms with E-state index in [1.807, 2.05) is 0 Å². The van der Waals surface area contributed by atoms with E-state index < -0.39 is 0 Å². The molecule has 1 N–H and O–H groups in total. The van der Waals surface area contributed by atoms with Gasteiger partial charge in [0.25, 0.3) is 0 Å². The van der Waals surface area contributed by atoms with Crippen molar-refractivity contribution in [1.29, 1.82) is 0 Å².